The van der Waals surface area contributed by atoms with Gasteiger partial charge in [-0.25, -0.2) is 8.42 Å². The standard InChI is InChI=1S/C11H15BF3O3S/c1-2-8-19(16,17)9-7-18-11-5-3-10(4-6-11)12(13,14)15/h3-6H,2,7-9H2,1H3/q-1. The zero-order valence-electron chi connectivity index (χ0n) is 10.5. The molecule has 0 amide bonds. The van der Waals surface area contributed by atoms with Crippen molar-refractivity contribution in [1.82, 2.24) is 0 Å². The largest absolute Gasteiger partial charge is 0.509 e. The molecule has 8 heteroatoms. The van der Waals surface area contributed by atoms with Crippen LogP contribution < -0.4 is 10.2 Å². The molecule has 0 radical (unpaired) electrons. The number of ether oxygens (including phenoxy) is 1. The molecule has 0 saturated carbocycles. The minimum atomic E-state index is -5.01. The van der Waals surface area contributed by atoms with Crippen LogP contribution in [0, 0.1) is 0 Å². The maximum absolute atomic E-state index is 12.4. The highest BCUT2D eigenvalue weighted by Gasteiger charge is 2.24. The van der Waals surface area contributed by atoms with Gasteiger partial charge in [0.2, 0.25) is 0 Å². The van der Waals surface area contributed by atoms with Gasteiger partial charge in [-0.1, -0.05) is 19.1 Å². The van der Waals surface area contributed by atoms with Gasteiger partial charge in [-0.3, -0.25) is 0 Å². The predicted octanol–water partition coefficient (Wildman–Crippen LogP) is 1.94. The molecule has 1 aromatic rings. The van der Waals surface area contributed by atoms with Crippen LogP contribution in [0.25, 0.3) is 0 Å². The number of halogens is 3. The Labute approximate surface area is 110 Å². The van der Waals surface area contributed by atoms with E-state index in [2.05, 4.69) is 0 Å². The maximum Gasteiger partial charge on any atom is 0.509 e. The van der Waals surface area contributed by atoms with Gasteiger partial charge in [0.05, 0.1) is 11.5 Å². The van der Waals surface area contributed by atoms with Crippen molar-refractivity contribution < 1.29 is 26.1 Å². The van der Waals surface area contributed by atoms with E-state index >= 15 is 0 Å². The van der Waals surface area contributed by atoms with Crippen LogP contribution in [0.3, 0.4) is 0 Å². The van der Waals surface area contributed by atoms with Crippen molar-refractivity contribution in [3.8, 4) is 5.75 Å². The molecule has 0 fully saturated rings. The van der Waals surface area contributed by atoms with Gasteiger partial charge in [0.15, 0.2) is 9.84 Å². The van der Waals surface area contributed by atoms with Crippen LogP contribution in [0.15, 0.2) is 24.3 Å². The van der Waals surface area contributed by atoms with Crippen LogP contribution in [0.2, 0.25) is 0 Å². The first kappa shape index (κ1) is 15.9. The third-order valence-corrected chi connectivity index (χ3v) is 4.26. The summed E-state index contributed by atoms with van der Waals surface area (Å²) in [6.45, 7) is -3.31. The first-order valence-electron chi connectivity index (χ1n) is 5.88. The SMILES string of the molecule is CCCS(=O)(=O)CCOc1ccc([B-](F)(F)F)cc1. The van der Waals surface area contributed by atoms with Gasteiger partial charge in [-0.15, -0.1) is 5.46 Å². The Hall–Kier alpha value is -1.18. The van der Waals surface area contributed by atoms with Crippen LogP contribution in [0.5, 0.6) is 5.75 Å². The number of hydrogen-bond acceptors (Lipinski definition) is 3. The first-order chi connectivity index (χ1) is 8.74. The van der Waals surface area contributed by atoms with Crippen LogP contribution in [0.1, 0.15) is 13.3 Å². The molecule has 0 saturated heterocycles. The van der Waals surface area contributed by atoms with E-state index in [1.807, 2.05) is 0 Å². The molecule has 0 atom stereocenters. The smallest absolute Gasteiger partial charge is 0.493 e. The van der Waals surface area contributed by atoms with Gasteiger partial charge >= 0.3 is 6.98 Å². The summed E-state index contributed by atoms with van der Waals surface area (Å²) in [5.74, 6) is 0.188. The van der Waals surface area contributed by atoms with Crippen LogP contribution in [-0.2, 0) is 9.84 Å². The molecule has 0 heterocycles. The predicted molar refractivity (Wildman–Crippen MR) is 69.6 cm³/mol. The second-order valence-electron chi connectivity index (χ2n) is 4.14. The normalized spacial score (nSPS) is 12.4. The van der Waals surface area contributed by atoms with Crippen LogP contribution >= 0.6 is 0 Å². The molecular formula is C11H15BF3O3S-. The summed E-state index contributed by atoms with van der Waals surface area (Å²) in [5, 5.41) is 0. The molecule has 3 nitrogen and oxygen atoms in total. The highest BCUT2D eigenvalue weighted by Crippen LogP contribution is 2.13. The Morgan fingerprint density at radius 1 is 1.11 bits per heavy atom. The van der Waals surface area contributed by atoms with Gasteiger partial charge in [0.1, 0.15) is 12.4 Å². The fraction of sp³-hybridized carbons (Fsp3) is 0.455. The summed E-state index contributed by atoms with van der Waals surface area (Å²) < 4.78 is 64.9. The number of sulfone groups is 1. The van der Waals surface area contributed by atoms with E-state index < -0.39 is 22.3 Å². The molecule has 1 rings (SSSR count). The fourth-order valence-corrected chi connectivity index (χ4v) is 2.65. The summed E-state index contributed by atoms with van der Waals surface area (Å²) in [7, 11) is -3.14. The molecule has 0 bridgehead atoms. The van der Waals surface area contributed by atoms with Crippen LogP contribution in [0.4, 0.5) is 12.9 Å². The highest BCUT2D eigenvalue weighted by molar-refractivity contribution is 7.91. The van der Waals surface area contributed by atoms with E-state index in [0.717, 1.165) is 12.1 Å². The second-order valence-corrected chi connectivity index (χ2v) is 6.45. The summed E-state index contributed by atoms with van der Waals surface area (Å²) in [6, 6.07) is 4.24. The molecule has 0 aromatic heterocycles. The van der Waals surface area contributed by atoms with Gasteiger partial charge in [0.25, 0.3) is 0 Å². The van der Waals surface area contributed by atoms with Gasteiger partial charge < -0.3 is 17.7 Å². The number of rotatable bonds is 7. The quantitative estimate of drug-likeness (QED) is 0.722. The summed E-state index contributed by atoms with van der Waals surface area (Å²) in [6.07, 6.45) is 0.532. The Kier molecular flexibility index (Phi) is 5.28. The summed E-state index contributed by atoms with van der Waals surface area (Å²) >= 11 is 0. The average molecular weight is 295 g/mol. The number of hydrogen-bond donors (Lipinski definition) is 0. The van der Waals surface area contributed by atoms with E-state index in [1.165, 1.54) is 12.1 Å². The molecule has 1 aromatic carbocycles. The minimum absolute atomic E-state index is 0.0567. The van der Waals surface area contributed by atoms with Crippen molar-refractivity contribution in [2.24, 2.45) is 0 Å². The van der Waals surface area contributed by atoms with Crippen molar-refractivity contribution in [1.29, 1.82) is 0 Å². The van der Waals surface area contributed by atoms with Crippen molar-refractivity contribution in [2.45, 2.75) is 13.3 Å². The Morgan fingerprint density at radius 2 is 1.68 bits per heavy atom. The zero-order valence-corrected chi connectivity index (χ0v) is 11.3. The minimum Gasteiger partial charge on any atom is -0.493 e. The lowest BCUT2D eigenvalue weighted by Crippen LogP contribution is -2.33. The van der Waals surface area contributed by atoms with Crippen molar-refractivity contribution >= 4 is 22.3 Å². The third kappa shape index (κ3) is 5.54. The van der Waals surface area contributed by atoms with Crippen LogP contribution in [-0.4, -0.2) is 33.5 Å². The van der Waals surface area contributed by atoms with E-state index in [0.29, 0.717) is 6.42 Å². The second kappa shape index (κ2) is 6.32. The zero-order chi connectivity index (χ0) is 14.5. The summed E-state index contributed by atoms with van der Waals surface area (Å²) in [5.41, 5.74) is -0.703. The summed E-state index contributed by atoms with van der Waals surface area (Å²) in [4.78, 5) is 0. The number of benzene rings is 1. The van der Waals surface area contributed by atoms with E-state index in [1.54, 1.807) is 6.92 Å². The highest BCUT2D eigenvalue weighted by atomic mass is 32.2. The Morgan fingerprint density at radius 3 is 2.16 bits per heavy atom. The molecule has 19 heavy (non-hydrogen) atoms. The van der Waals surface area contributed by atoms with Crippen molar-refractivity contribution in [2.75, 3.05) is 18.1 Å². The molecule has 0 aliphatic heterocycles. The lowest BCUT2D eigenvalue weighted by Gasteiger charge is -2.15. The van der Waals surface area contributed by atoms with Crippen molar-refractivity contribution in [3.63, 3.8) is 0 Å². The molecular weight excluding hydrogens is 280 g/mol. The van der Waals surface area contributed by atoms with E-state index in [4.69, 9.17) is 4.74 Å². The first-order valence-corrected chi connectivity index (χ1v) is 7.70. The average Bonchev–Trinajstić information content (AvgIpc) is 2.28. The molecule has 0 aliphatic carbocycles. The Bertz CT molecular complexity index is 497. The third-order valence-electron chi connectivity index (χ3n) is 2.44. The lowest BCUT2D eigenvalue weighted by atomic mass is 9.80. The topological polar surface area (TPSA) is 43.4 Å². The lowest BCUT2D eigenvalue weighted by molar-refractivity contribution is 0.341. The van der Waals surface area contributed by atoms with Crippen molar-refractivity contribution in [3.05, 3.63) is 24.3 Å². The molecule has 0 spiro atoms. The fourth-order valence-electron chi connectivity index (χ4n) is 1.48. The molecule has 108 valence electrons. The monoisotopic (exact) mass is 295 g/mol. The van der Waals surface area contributed by atoms with E-state index in [9.17, 15) is 21.4 Å². The van der Waals surface area contributed by atoms with E-state index in [-0.39, 0.29) is 23.9 Å². The van der Waals surface area contributed by atoms with Gasteiger partial charge in [-0.2, -0.15) is 0 Å². The Balaban J connectivity index is 2.51. The molecule has 0 aliphatic rings. The molecule has 0 N–H and O–H groups in total. The van der Waals surface area contributed by atoms with Gasteiger partial charge in [-0.05, 0) is 18.6 Å². The molecule has 0 unspecified atom stereocenters. The maximum atomic E-state index is 12.4. The van der Waals surface area contributed by atoms with Gasteiger partial charge in [0, 0.05) is 0 Å².